The zero-order chi connectivity index (χ0) is 78.5. The van der Waals surface area contributed by atoms with E-state index in [-0.39, 0.29) is 137 Å². The number of hydrogen-bond donors (Lipinski definition) is 4. The fourth-order valence-electron chi connectivity index (χ4n) is 12.6. The van der Waals surface area contributed by atoms with Crippen LogP contribution in [0.3, 0.4) is 0 Å². The van der Waals surface area contributed by atoms with Crippen LogP contribution in [0, 0.1) is 29.6 Å². The van der Waals surface area contributed by atoms with Crippen molar-refractivity contribution in [3.05, 3.63) is 89.1 Å². The third-order valence-electron chi connectivity index (χ3n) is 19.7. The molecule has 2 aliphatic rings. The average molecular weight is 1510 g/mol. The molecule has 4 rings (SSSR count). The van der Waals surface area contributed by atoms with Gasteiger partial charge in [0.2, 0.25) is 0 Å². The zero-order valence-electron chi connectivity index (χ0n) is 67.0. The summed E-state index contributed by atoms with van der Waals surface area (Å²) < 4.78 is 77.2. The van der Waals surface area contributed by atoms with E-state index in [0.717, 1.165) is 48.8 Å². The molecule has 2 aromatic carbocycles. The topological polar surface area (TPSA) is 281 Å². The van der Waals surface area contributed by atoms with Crippen molar-refractivity contribution >= 4 is 57.6 Å². The van der Waals surface area contributed by atoms with Gasteiger partial charge in [-0.3, -0.25) is 28.9 Å². The van der Waals surface area contributed by atoms with E-state index in [1.165, 1.54) is 16.7 Å². The first-order chi connectivity index (χ1) is 50.4. The first-order valence-electron chi connectivity index (χ1n) is 38.2. The number of anilines is 1. The number of aliphatic hydroxyl groups excluding tert-OH is 3. The van der Waals surface area contributed by atoms with Gasteiger partial charge in [-0.25, -0.2) is 0 Å². The van der Waals surface area contributed by atoms with Crippen molar-refractivity contribution in [2.24, 2.45) is 29.6 Å². The molecule has 0 radical (unpaired) electrons. The Bertz CT molecular complexity index is 3030. The number of amides is 2. The Morgan fingerprint density at radius 2 is 1.29 bits per heavy atom. The molecule has 1 aliphatic carbocycles. The number of ether oxygens (including phenoxy) is 13. The zero-order valence-corrected chi connectivity index (χ0v) is 67.8. The highest BCUT2D eigenvalue weighted by molar-refractivity contribution is 8.00. The number of rotatable bonds is 57. The average Bonchev–Trinajstić information content (AvgIpc) is 0.738. The molecular formula is C82H132N2O21S. The molecule has 0 bridgehead atoms. The number of carbonyl (C=O) groups is 5. The Kier molecular flexibility index (Phi) is 44.2. The molecule has 2 aromatic rings. The fourth-order valence-corrected chi connectivity index (χ4v) is 13.3. The van der Waals surface area contributed by atoms with Gasteiger partial charge < -0.3 is 82.2 Å². The number of Topliss-reactive ketones (excluding diaryl/α,β-unsaturated/α-hetero) is 2. The number of nitrogens with zero attached hydrogens (tertiary/aromatic N) is 1. The van der Waals surface area contributed by atoms with Crippen molar-refractivity contribution in [2.45, 2.75) is 234 Å². The summed E-state index contributed by atoms with van der Waals surface area (Å²) >= 11 is 1.31. The van der Waals surface area contributed by atoms with E-state index >= 15 is 0 Å². The van der Waals surface area contributed by atoms with Gasteiger partial charge in [-0.1, -0.05) is 82.2 Å². The Morgan fingerprint density at radius 1 is 0.679 bits per heavy atom. The van der Waals surface area contributed by atoms with E-state index in [2.05, 4.69) is 5.32 Å². The van der Waals surface area contributed by atoms with Gasteiger partial charge in [0.15, 0.2) is 0 Å². The van der Waals surface area contributed by atoms with Crippen molar-refractivity contribution < 1.29 is 101 Å². The summed E-state index contributed by atoms with van der Waals surface area (Å²) in [4.78, 5) is 68.4. The third kappa shape index (κ3) is 33.4. The second-order valence-electron chi connectivity index (χ2n) is 29.5. The van der Waals surface area contributed by atoms with E-state index in [4.69, 9.17) is 66.7 Å². The number of aliphatic hydroxyl groups is 3. The summed E-state index contributed by atoms with van der Waals surface area (Å²) in [6, 6.07) is 8.30. The monoisotopic (exact) mass is 1510 g/mol. The number of nitrogens with one attached hydrogen (secondary N) is 1. The Labute approximate surface area is 637 Å². The largest absolute Gasteiger partial charge is 0.463 e. The smallest absolute Gasteiger partial charge is 0.316 e. The van der Waals surface area contributed by atoms with Crippen LogP contribution in [0.4, 0.5) is 5.69 Å². The van der Waals surface area contributed by atoms with Crippen molar-refractivity contribution in [3.63, 3.8) is 0 Å². The molecule has 23 nitrogen and oxygen atoms in total. The molecule has 18 atom stereocenters. The van der Waals surface area contributed by atoms with Gasteiger partial charge in [0.05, 0.1) is 170 Å². The number of ketones is 2. The Balaban J connectivity index is 1.20. The van der Waals surface area contributed by atoms with Crippen LogP contribution in [0.25, 0.3) is 10.8 Å². The van der Waals surface area contributed by atoms with E-state index in [1.54, 1.807) is 72.4 Å². The van der Waals surface area contributed by atoms with E-state index in [0.29, 0.717) is 86.5 Å². The first-order valence-corrected chi connectivity index (χ1v) is 39.3. The van der Waals surface area contributed by atoms with E-state index in [1.807, 2.05) is 120 Å². The van der Waals surface area contributed by atoms with Crippen LogP contribution in [0.5, 0.6) is 0 Å². The minimum absolute atomic E-state index is 0.0223. The molecule has 602 valence electrons. The maximum atomic E-state index is 14.1. The quantitative estimate of drug-likeness (QED) is 0.0120. The number of imide groups is 1. The number of carbonyl (C=O) groups excluding carboxylic acids is 5. The highest BCUT2D eigenvalue weighted by atomic mass is 32.2. The lowest BCUT2D eigenvalue weighted by Gasteiger charge is -2.38. The van der Waals surface area contributed by atoms with Gasteiger partial charge >= 0.3 is 5.97 Å². The molecule has 0 spiro atoms. The van der Waals surface area contributed by atoms with Gasteiger partial charge in [-0.2, -0.15) is 0 Å². The molecule has 1 aliphatic heterocycles. The number of esters is 1. The molecule has 1 fully saturated rings. The number of methoxy groups -OCH3 is 3. The summed E-state index contributed by atoms with van der Waals surface area (Å²) in [6.07, 6.45) is 13.4. The lowest BCUT2D eigenvalue weighted by Crippen LogP contribution is -2.48. The molecule has 0 aromatic heterocycles. The van der Waals surface area contributed by atoms with Crippen LogP contribution in [-0.2, 0) is 76.0 Å². The van der Waals surface area contributed by atoms with Crippen LogP contribution in [0.1, 0.15) is 176 Å². The summed E-state index contributed by atoms with van der Waals surface area (Å²) in [7, 11) is 5.05. The van der Waals surface area contributed by atoms with Crippen LogP contribution in [-0.4, -0.2) is 247 Å². The van der Waals surface area contributed by atoms with Crippen LogP contribution in [0.2, 0.25) is 0 Å². The predicted octanol–water partition coefficient (Wildman–Crippen LogP) is 11.9. The van der Waals surface area contributed by atoms with E-state index < -0.39 is 53.5 Å². The highest BCUT2D eigenvalue weighted by Crippen LogP contribution is 2.37. The highest BCUT2D eigenvalue weighted by Gasteiger charge is 2.39. The molecule has 0 saturated heterocycles. The second kappa shape index (κ2) is 50.1. The van der Waals surface area contributed by atoms with Crippen molar-refractivity contribution in [1.82, 2.24) is 4.90 Å². The Morgan fingerprint density at radius 3 is 1.92 bits per heavy atom. The van der Waals surface area contributed by atoms with Crippen LogP contribution >= 0.6 is 11.8 Å². The molecule has 2 amide bonds. The van der Waals surface area contributed by atoms with Gasteiger partial charge in [0.1, 0.15) is 18.2 Å². The number of thioether (sulfide) groups is 1. The van der Waals surface area contributed by atoms with E-state index in [9.17, 15) is 34.2 Å². The standard InChI is InChI=1S/C82H132N2O21S/c1-53(66(14)94-17)24-20-19-21-26-68(38-57(5)77(89)41-75(87)55(3)36-54(2)74(86)40-76(88)56(4)37-67-25-22-27-69(39-67)95-18)82(15,51-104-59(7)43-93-16)105-49-65(13)103-48-64(12)102-47-63(11)101-46-62(10)100-45-61(9)97-35-34-96-44-60(8)99-42-58(6)84-80(91)71-29-23-28-70-73(31-30-72(79(70)71)81(84)92)83-52-106-50-78(90)98-33-32-85/h19-21,23-24,26,28-31,36,54,56-69,75-76,83,85,87-88H,22,25,27,32-35,37-52H2,1-18H3/b20-19+,26-21+,53-24+,55-36+/t54-,56+,57?,58?,59?,60?,61?,62?,63?,64?,65?,66+,67?,68-,69?,75?,76+,82?/m1/s1. The van der Waals surface area contributed by atoms with Crippen LogP contribution < -0.4 is 5.32 Å². The van der Waals surface area contributed by atoms with Crippen molar-refractivity contribution in [1.29, 1.82) is 0 Å². The maximum absolute atomic E-state index is 14.1. The molecule has 13 unspecified atom stereocenters. The SMILES string of the molecule is COCC(C)OCC(C)(OCC(C)OCC(C)OCC(C)OCC(C)OCC(C)OCCOCC(C)OCC(C)N1C(=O)c2cccc3c(NCSCC(=O)OCCO)ccc(c23)C1=O)[C@H](/C=C/C=C/C=C(\C)[C@H](C)OC)CC(C)C(=O)CC(O)/C(C)=C/[C@@H](C)C(=O)C[C@H](O)[C@@H](C)CC1CCCC(OC)C1. The minimum Gasteiger partial charge on any atom is -0.463 e. The van der Waals surface area contributed by atoms with Crippen molar-refractivity contribution in [2.75, 3.05) is 124 Å². The molecule has 106 heavy (non-hydrogen) atoms. The predicted molar refractivity (Wildman–Crippen MR) is 414 cm³/mol. The maximum Gasteiger partial charge on any atom is 0.316 e. The number of allylic oxidation sites excluding steroid dienone is 5. The molecule has 1 heterocycles. The summed E-state index contributed by atoms with van der Waals surface area (Å²) in [5.41, 5.74) is 2.18. The van der Waals surface area contributed by atoms with Gasteiger partial charge in [0.25, 0.3) is 11.8 Å². The van der Waals surface area contributed by atoms with Gasteiger partial charge in [-0.05, 0) is 150 Å². The minimum atomic E-state index is -1.10. The molecular weight excluding hydrogens is 1380 g/mol. The lowest BCUT2D eigenvalue weighted by molar-refractivity contribution is -0.157. The van der Waals surface area contributed by atoms with Crippen molar-refractivity contribution in [3.8, 4) is 0 Å². The fraction of sp³-hybridized carbons (Fsp3) is 0.720. The van der Waals surface area contributed by atoms with Gasteiger partial charge in [0, 0.05) is 79.5 Å². The normalized spacial score (nSPS) is 20.3. The summed E-state index contributed by atoms with van der Waals surface area (Å²) in [6.45, 7) is 31.5. The number of benzene rings is 2. The first kappa shape index (κ1) is 93.5. The third-order valence-corrected chi connectivity index (χ3v) is 20.5. The second-order valence-corrected chi connectivity index (χ2v) is 30.5. The Hall–Kier alpha value is -4.84. The molecule has 4 N–H and O–H groups in total. The number of hydrogen-bond acceptors (Lipinski definition) is 23. The summed E-state index contributed by atoms with van der Waals surface area (Å²) in [5.74, 6) is -1.99. The van der Waals surface area contributed by atoms with Gasteiger partial charge in [-0.15, -0.1) is 11.8 Å². The molecule has 1 saturated carbocycles. The summed E-state index contributed by atoms with van der Waals surface area (Å²) in [5, 5.41) is 36.0. The van der Waals surface area contributed by atoms with Crippen LogP contribution in [0.15, 0.2) is 77.9 Å². The molecule has 24 heteroatoms. The lowest BCUT2D eigenvalue weighted by atomic mass is 9.79.